The maximum absolute atomic E-state index is 3.50. The van der Waals surface area contributed by atoms with Crippen molar-refractivity contribution in [1.82, 2.24) is 10.6 Å². The Hall–Kier alpha value is -0.0800. The van der Waals surface area contributed by atoms with E-state index in [1.54, 1.807) is 0 Å². The van der Waals surface area contributed by atoms with Gasteiger partial charge < -0.3 is 10.6 Å². The Labute approximate surface area is 82.5 Å². The predicted octanol–water partition coefficient (Wildman–Crippen LogP) is 1.62. The average Bonchev–Trinajstić information content (AvgIpc) is 2.86. The van der Waals surface area contributed by atoms with Gasteiger partial charge >= 0.3 is 0 Å². The van der Waals surface area contributed by atoms with Crippen molar-refractivity contribution in [3.8, 4) is 0 Å². The molecule has 0 radical (unpaired) electrons. The molecule has 1 rings (SSSR count). The first-order valence-corrected chi connectivity index (χ1v) is 5.70. The minimum atomic E-state index is 0.777. The maximum atomic E-state index is 3.50. The third-order valence-electron chi connectivity index (χ3n) is 2.39. The van der Waals surface area contributed by atoms with E-state index in [1.165, 1.54) is 32.4 Å². The molecule has 0 aromatic rings. The van der Waals surface area contributed by atoms with Gasteiger partial charge in [0.2, 0.25) is 0 Å². The van der Waals surface area contributed by atoms with Gasteiger partial charge in [-0.15, -0.1) is 0 Å². The summed E-state index contributed by atoms with van der Waals surface area (Å²) in [5, 5.41) is 6.94. The third-order valence-corrected chi connectivity index (χ3v) is 2.39. The SMILES string of the molecule is CC(C)CNCCCNCC1CC1. The van der Waals surface area contributed by atoms with Gasteiger partial charge in [0.1, 0.15) is 0 Å². The Bertz CT molecular complexity index is 113. The zero-order valence-corrected chi connectivity index (χ0v) is 9.10. The third kappa shape index (κ3) is 7.03. The first-order chi connectivity index (χ1) is 6.29. The molecule has 0 unspecified atom stereocenters. The van der Waals surface area contributed by atoms with Crippen LogP contribution in [0.4, 0.5) is 0 Å². The van der Waals surface area contributed by atoms with Crippen molar-refractivity contribution in [2.24, 2.45) is 11.8 Å². The number of hydrogen-bond donors (Lipinski definition) is 2. The van der Waals surface area contributed by atoms with E-state index in [1.807, 2.05) is 0 Å². The quantitative estimate of drug-likeness (QED) is 0.560. The molecule has 1 saturated carbocycles. The molecule has 1 aliphatic rings. The van der Waals surface area contributed by atoms with E-state index >= 15 is 0 Å². The summed E-state index contributed by atoms with van der Waals surface area (Å²) in [7, 11) is 0. The molecule has 2 nitrogen and oxygen atoms in total. The summed E-state index contributed by atoms with van der Waals surface area (Å²) >= 11 is 0. The van der Waals surface area contributed by atoms with Gasteiger partial charge in [0.15, 0.2) is 0 Å². The summed E-state index contributed by atoms with van der Waals surface area (Å²) in [5.41, 5.74) is 0. The van der Waals surface area contributed by atoms with E-state index in [0.29, 0.717) is 0 Å². The Morgan fingerprint density at radius 3 is 2.46 bits per heavy atom. The van der Waals surface area contributed by atoms with Gasteiger partial charge in [-0.25, -0.2) is 0 Å². The van der Waals surface area contributed by atoms with E-state index < -0.39 is 0 Å². The molecule has 0 atom stereocenters. The van der Waals surface area contributed by atoms with Crippen LogP contribution in [0.15, 0.2) is 0 Å². The first-order valence-electron chi connectivity index (χ1n) is 5.70. The van der Waals surface area contributed by atoms with E-state index in [9.17, 15) is 0 Å². The molecule has 78 valence electrons. The summed E-state index contributed by atoms with van der Waals surface area (Å²) < 4.78 is 0. The van der Waals surface area contributed by atoms with Crippen molar-refractivity contribution >= 4 is 0 Å². The summed E-state index contributed by atoms with van der Waals surface area (Å²) in [6.45, 7) is 9.25. The fraction of sp³-hybridized carbons (Fsp3) is 1.00. The van der Waals surface area contributed by atoms with Crippen LogP contribution in [0, 0.1) is 11.8 Å². The van der Waals surface area contributed by atoms with Crippen LogP contribution in [0.2, 0.25) is 0 Å². The van der Waals surface area contributed by atoms with Crippen LogP contribution in [0.5, 0.6) is 0 Å². The fourth-order valence-electron chi connectivity index (χ4n) is 1.36. The standard InChI is InChI=1S/C11H24N2/c1-10(2)8-12-6-3-7-13-9-11-4-5-11/h10-13H,3-9H2,1-2H3. The number of hydrogen-bond acceptors (Lipinski definition) is 2. The van der Waals surface area contributed by atoms with Gasteiger partial charge in [0.25, 0.3) is 0 Å². The Morgan fingerprint density at radius 1 is 1.15 bits per heavy atom. The molecule has 0 heterocycles. The molecule has 0 aliphatic heterocycles. The highest BCUT2D eigenvalue weighted by Gasteiger charge is 2.19. The summed E-state index contributed by atoms with van der Waals surface area (Å²) in [5.74, 6) is 1.79. The zero-order valence-electron chi connectivity index (χ0n) is 9.10. The molecular formula is C11H24N2. The lowest BCUT2D eigenvalue weighted by molar-refractivity contribution is 0.526. The fourth-order valence-corrected chi connectivity index (χ4v) is 1.36. The van der Waals surface area contributed by atoms with Crippen molar-refractivity contribution in [2.45, 2.75) is 33.1 Å². The average molecular weight is 184 g/mol. The highest BCUT2D eigenvalue weighted by Crippen LogP contribution is 2.27. The van der Waals surface area contributed by atoms with Crippen LogP contribution in [-0.2, 0) is 0 Å². The van der Waals surface area contributed by atoms with Crippen LogP contribution in [0.3, 0.4) is 0 Å². The molecule has 0 amide bonds. The van der Waals surface area contributed by atoms with Gasteiger partial charge in [-0.2, -0.15) is 0 Å². The highest BCUT2D eigenvalue weighted by atomic mass is 14.9. The smallest absolute Gasteiger partial charge is 0.00205 e. The topological polar surface area (TPSA) is 24.1 Å². The Balaban J connectivity index is 1.68. The van der Waals surface area contributed by atoms with Crippen molar-refractivity contribution in [2.75, 3.05) is 26.2 Å². The molecule has 0 aromatic heterocycles. The molecule has 1 aliphatic carbocycles. The highest BCUT2D eigenvalue weighted by molar-refractivity contribution is 4.75. The van der Waals surface area contributed by atoms with Gasteiger partial charge in [0, 0.05) is 0 Å². The summed E-state index contributed by atoms with van der Waals surface area (Å²) in [6.07, 6.45) is 4.18. The van der Waals surface area contributed by atoms with E-state index in [2.05, 4.69) is 24.5 Å². The second-order valence-corrected chi connectivity index (χ2v) is 4.60. The van der Waals surface area contributed by atoms with Crippen LogP contribution in [0.1, 0.15) is 33.1 Å². The Morgan fingerprint density at radius 2 is 1.85 bits per heavy atom. The number of rotatable bonds is 8. The van der Waals surface area contributed by atoms with E-state index in [0.717, 1.165) is 24.9 Å². The second-order valence-electron chi connectivity index (χ2n) is 4.60. The minimum absolute atomic E-state index is 0.777. The van der Waals surface area contributed by atoms with Crippen molar-refractivity contribution < 1.29 is 0 Å². The molecule has 0 bridgehead atoms. The maximum Gasteiger partial charge on any atom is -0.00205 e. The lowest BCUT2D eigenvalue weighted by atomic mass is 10.2. The van der Waals surface area contributed by atoms with Crippen LogP contribution >= 0.6 is 0 Å². The van der Waals surface area contributed by atoms with E-state index in [4.69, 9.17) is 0 Å². The minimum Gasteiger partial charge on any atom is -0.316 e. The summed E-state index contributed by atoms with van der Waals surface area (Å²) in [6, 6.07) is 0. The van der Waals surface area contributed by atoms with Gasteiger partial charge in [-0.05, 0) is 57.3 Å². The van der Waals surface area contributed by atoms with Crippen LogP contribution in [-0.4, -0.2) is 26.2 Å². The van der Waals surface area contributed by atoms with Gasteiger partial charge in [0.05, 0.1) is 0 Å². The summed E-state index contributed by atoms with van der Waals surface area (Å²) in [4.78, 5) is 0. The molecule has 13 heavy (non-hydrogen) atoms. The molecule has 2 N–H and O–H groups in total. The van der Waals surface area contributed by atoms with Crippen LogP contribution < -0.4 is 10.6 Å². The lowest BCUT2D eigenvalue weighted by Gasteiger charge is -2.07. The van der Waals surface area contributed by atoms with Crippen LogP contribution in [0.25, 0.3) is 0 Å². The molecule has 2 heteroatoms. The molecular weight excluding hydrogens is 160 g/mol. The van der Waals surface area contributed by atoms with E-state index in [-0.39, 0.29) is 0 Å². The van der Waals surface area contributed by atoms with Gasteiger partial charge in [-0.3, -0.25) is 0 Å². The van der Waals surface area contributed by atoms with Crippen molar-refractivity contribution in [3.63, 3.8) is 0 Å². The van der Waals surface area contributed by atoms with Gasteiger partial charge in [-0.1, -0.05) is 13.8 Å². The molecule has 1 fully saturated rings. The monoisotopic (exact) mass is 184 g/mol. The second kappa shape index (κ2) is 6.39. The Kier molecular flexibility index (Phi) is 5.40. The first kappa shape index (κ1) is 11.0. The number of nitrogens with one attached hydrogen (secondary N) is 2. The largest absolute Gasteiger partial charge is 0.316 e. The predicted molar refractivity (Wildman–Crippen MR) is 57.9 cm³/mol. The lowest BCUT2D eigenvalue weighted by Crippen LogP contribution is -2.25. The zero-order chi connectivity index (χ0) is 9.52. The molecule has 0 aromatic carbocycles. The van der Waals surface area contributed by atoms with Crippen molar-refractivity contribution in [1.29, 1.82) is 0 Å². The molecule has 0 saturated heterocycles. The molecule has 0 spiro atoms. The van der Waals surface area contributed by atoms with Crippen molar-refractivity contribution in [3.05, 3.63) is 0 Å². The normalized spacial score (nSPS) is 16.8.